The fourth-order valence-electron chi connectivity index (χ4n) is 4.58. The molecule has 10 heteroatoms. The first-order chi connectivity index (χ1) is 17.1. The molecule has 6 rings (SSSR count). The molecule has 1 aliphatic heterocycles. The number of oxazole rings is 1. The maximum atomic E-state index is 12.8. The first-order valence-corrected chi connectivity index (χ1v) is 11.7. The van der Waals surface area contributed by atoms with E-state index in [9.17, 15) is 9.18 Å². The van der Waals surface area contributed by atoms with Crippen LogP contribution >= 0.6 is 0 Å². The predicted octanol–water partition coefficient (Wildman–Crippen LogP) is 3.86. The van der Waals surface area contributed by atoms with Crippen LogP contribution in [0.15, 0.2) is 41.1 Å². The maximum absolute atomic E-state index is 12.8. The van der Waals surface area contributed by atoms with E-state index < -0.39 is 6.67 Å². The van der Waals surface area contributed by atoms with Crippen molar-refractivity contribution in [2.45, 2.75) is 6.42 Å². The summed E-state index contributed by atoms with van der Waals surface area (Å²) in [6.07, 6.45) is 3.93. The number of nitrogens with zero attached hydrogens (tertiary/aromatic N) is 4. The van der Waals surface area contributed by atoms with Crippen LogP contribution < -0.4 is 15.5 Å². The number of rotatable bonds is 6. The first kappa shape index (κ1) is 21.7. The van der Waals surface area contributed by atoms with Gasteiger partial charge in [-0.25, -0.2) is 15.0 Å². The fraction of sp³-hybridized carbons (Fsp3) is 0.360. The second-order valence-electron chi connectivity index (χ2n) is 8.90. The third-order valence-corrected chi connectivity index (χ3v) is 6.70. The van der Waals surface area contributed by atoms with Gasteiger partial charge in [0.15, 0.2) is 5.58 Å². The van der Waals surface area contributed by atoms with Gasteiger partial charge in [-0.1, -0.05) is 0 Å². The number of nitrogens with one attached hydrogen (secondary N) is 2. The largest absolute Gasteiger partial charge is 0.436 e. The topological polar surface area (TPSA) is 105 Å². The Kier molecular flexibility index (Phi) is 5.44. The Morgan fingerprint density at radius 1 is 1.17 bits per heavy atom. The Morgan fingerprint density at radius 2 is 2.03 bits per heavy atom. The zero-order valence-corrected chi connectivity index (χ0v) is 19.3. The van der Waals surface area contributed by atoms with Gasteiger partial charge in [-0.15, -0.1) is 0 Å². The molecule has 9 nitrogen and oxygen atoms in total. The molecule has 1 saturated carbocycles. The molecular formula is C25H25FN6O3. The first-order valence-electron chi connectivity index (χ1n) is 11.7. The van der Waals surface area contributed by atoms with Crippen LogP contribution in [0.4, 0.5) is 21.7 Å². The number of amides is 1. The minimum atomic E-state index is -0.477. The number of alkyl halides is 1. The number of pyridine rings is 2. The highest BCUT2D eigenvalue weighted by atomic mass is 19.1. The molecule has 35 heavy (non-hydrogen) atoms. The summed E-state index contributed by atoms with van der Waals surface area (Å²) >= 11 is 0. The molecule has 1 amide bonds. The summed E-state index contributed by atoms with van der Waals surface area (Å²) in [7, 11) is 1.79. The molecule has 2 N–H and O–H groups in total. The van der Waals surface area contributed by atoms with Gasteiger partial charge < -0.3 is 24.7 Å². The summed E-state index contributed by atoms with van der Waals surface area (Å²) < 4.78 is 24.4. The molecule has 1 saturated heterocycles. The number of carbonyl (C=O) groups excluding carboxylic acids is 1. The van der Waals surface area contributed by atoms with Gasteiger partial charge >= 0.3 is 0 Å². The molecule has 0 unspecified atom stereocenters. The van der Waals surface area contributed by atoms with E-state index in [1.807, 2.05) is 18.2 Å². The number of fused-ring (bicyclic) bond motifs is 2. The SMILES string of the molecule is CNc1ncc(-c2nc3cc(N4CCOCC4)ccc3o2)c2cc(NC(=O)[C@@H]3C[C@@H]3CF)ncc12. The Hall–Kier alpha value is -3.79. The molecule has 1 aliphatic carbocycles. The lowest BCUT2D eigenvalue weighted by Gasteiger charge is -2.28. The summed E-state index contributed by atoms with van der Waals surface area (Å²) in [5.41, 5.74) is 3.20. The van der Waals surface area contributed by atoms with Crippen molar-refractivity contribution < 1.29 is 18.3 Å². The minimum absolute atomic E-state index is 0.187. The second kappa shape index (κ2) is 8.77. The number of carbonyl (C=O) groups is 1. The molecule has 0 radical (unpaired) electrons. The van der Waals surface area contributed by atoms with Gasteiger partial charge in [-0.05, 0) is 36.6 Å². The second-order valence-corrected chi connectivity index (χ2v) is 8.90. The van der Waals surface area contributed by atoms with Gasteiger partial charge in [0.2, 0.25) is 11.8 Å². The van der Waals surface area contributed by atoms with Gasteiger partial charge in [-0.3, -0.25) is 9.18 Å². The van der Waals surface area contributed by atoms with E-state index in [1.165, 1.54) is 0 Å². The average Bonchev–Trinajstić information content (AvgIpc) is 3.58. The van der Waals surface area contributed by atoms with Crippen molar-refractivity contribution in [3.8, 4) is 11.5 Å². The summed E-state index contributed by atoms with van der Waals surface area (Å²) in [5.74, 6) is 0.795. The van der Waals surface area contributed by atoms with E-state index in [4.69, 9.17) is 14.1 Å². The third-order valence-electron chi connectivity index (χ3n) is 6.70. The highest BCUT2D eigenvalue weighted by Gasteiger charge is 2.43. The molecule has 2 aliphatic rings. The highest BCUT2D eigenvalue weighted by Crippen LogP contribution is 2.40. The number of halogens is 1. The van der Waals surface area contributed by atoms with Crippen molar-refractivity contribution in [3.05, 3.63) is 36.7 Å². The van der Waals surface area contributed by atoms with Crippen molar-refractivity contribution >= 4 is 45.1 Å². The Bertz CT molecular complexity index is 1420. The number of hydrogen-bond donors (Lipinski definition) is 2. The number of morpholine rings is 1. The number of benzene rings is 1. The zero-order valence-electron chi connectivity index (χ0n) is 19.3. The lowest BCUT2D eigenvalue weighted by Crippen LogP contribution is -2.36. The van der Waals surface area contributed by atoms with E-state index in [-0.39, 0.29) is 17.7 Å². The Morgan fingerprint density at radius 3 is 2.80 bits per heavy atom. The van der Waals surface area contributed by atoms with Crippen LogP contribution in [0.3, 0.4) is 0 Å². The predicted molar refractivity (Wildman–Crippen MR) is 131 cm³/mol. The average molecular weight is 477 g/mol. The Balaban J connectivity index is 1.37. The summed E-state index contributed by atoms with van der Waals surface area (Å²) in [5, 5.41) is 7.45. The van der Waals surface area contributed by atoms with Gasteiger partial charge in [0, 0.05) is 54.9 Å². The summed E-state index contributed by atoms with van der Waals surface area (Å²) in [6.45, 7) is 2.62. The Labute approximate surface area is 200 Å². The van der Waals surface area contributed by atoms with Gasteiger partial charge in [-0.2, -0.15) is 0 Å². The molecule has 3 aromatic heterocycles. The molecule has 4 aromatic rings. The van der Waals surface area contributed by atoms with Crippen molar-refractivity contribution in [3.63, 3.8) is 0 Å². The molecule has 0 spiro atoms. The fourth-order valence-corrected chi connectivity index (χ4v) is 4.58. The van der Waals surface area contributed by atoms with Crippen LogP contribution in [0.2, 0.25) is 0 Å². The lowest BCUT2D eigenvalue weighted by molar-refractivity contribution is -0.117. The van der Waals surface area contributed by atoms with Gasteiger partial charge in [0.05, 0.1) is 25.5 Å². The van der Waals surface area contributed by atoms with Crippen LogP contribution in [-0.2, 0) is 9.53 Å². The summed E-state index contributed by atoms with van der Waals surface area (Å²) in [6, 6.07) is 7.77. The molecule has 2 atom stereocenters. The van der Waals surface area contributed by atoms with Crippen molar-refractivity contribution in [2.75, 3.05) is 55.6 Å². The minimum Gasteiger partial charge on any atom is -0.436 e. The summed E-state index contributed by atoms with van der Waals surface area (Å²) in [4.78, 5) is 28.4. The van der Waals surface area contributed by atoms with Crippen LogP contribution in [0.5, 0.6) is 0 Å². The number of anilines is 3. The van der Waals surface area contributed by atoms with Crippen LogP contribution in [-0.4, -0.2) is 60.9 Å². The van der Waals surface area contributed by atoms with Gasteiger partial charge in [0.25, 0.3) is 0 Å². The molecular weight excluding hydrogens is 451 g/mol. The monoisotopic (exact) mass is 476 g/mol. The number of ether oxygens (including phenoxy) is 1. The standard InChI is InChI=1S/C25H25FN6O3/c1-27-23-18-12-28-22(31-24(33)16-8-14(16)11-26)10-17(18)19(13-29-23)25-30-20-9-15(2-3-21(20)35-25)32-4-6-34-7-5-32/h2-3,9-10,12-14,16H,4-8,11H2,1H3,(H,27,29)(H,28,31,33)/t14-,16-/m1/s1. The number of aromatic nitrogens is 3. The van der Waals surface area contributed by atoms with Crippen molar-refractivity contribution in [1.29, 1.82) is 0 Å². The van der Waals surface area contributed by atoms with Crippen LogP contribution in [0, 0.1) is 11.8 Å². The van der Waals surface area contributed by atoms with E-state index in [1.54, 1.807) is 25.5 Å². The normalized spacial score (nSPS) is 19.8. The molecule has 0 bridgehead atoms. The smallest absolute Gasteiger partial charge is 0.229 e. The van der Waals surface area contributed by atoms with Crippen LogP contribution in [0.25, 0.3) is 33.3 Å². The van der Waals surface area contributed by atoms with Gasteiger partial charge in [0.1, 0.15) is 17.2 Å². The third kappa shape index (κ3) is 4.03. The lowest BCUT2D eigenvalue weighted by atomic mass is 10.1. The molecule has 180 valence electrons. The zero-order chi connectivity index (χ0) is 23.9. The van der Waals surface area contributed by atoms with Crippen molar-refractivity contribution in [2.24, 2.45) is 11.8 Å². The highest BCUT2D eigenvalue weighted by molar-refractivity contribution is 6.03. The van der Waals surface area contributed by atoms with E-state index >= 15 is 0 Å². The van der Waals surface area contributed by atoms with Crippen LogP contribution in [0.1, 0.15) is 6.42 Å². The molecule has 4 heterocycles. The maximum Gasteiger partial charge on any atom is 0.229 e. The van der Waals surface area contributed by atoms with E-state index in [0.717, 1.165) is 35.1 Å². The van der Waals surface area contributed by atoms with E-state index in [0.29, 0.717) is 48.3 Å². The number of hydrogen-bond acceptors (Lipinski definition) is 8. The molecule has 1 aromatic carbocycles. The quantitative estimate of drug-likeness (QED) is 0.432. The van der Waals surface area contributed by atoms with Crippen molar-refractivity contribution in [1.82, 2.24) is 15.0 Å². The van der Waals surface area contributed by atoms with E-state index in [2.05, 4.69) is 25.5 Å². The molecule has 2 fully saturated rings.